The van der Waals surface area contributed by atoms with E-state index < -0.39 is 0 Å². The van der Waals surface area contributed by atoms with Gasteiger partial charge in [0.05, 0.1) is 0 Å². The largest absolute Gasteiger partial charge is 0.334 e. The number of hydrogen-bond acceptors (Lipinski definition) is 3. The lowest BCUT2D eigenvalue weighted by Crippen LogP contribution is -2.44. The summed E-state index contributed by atoms with van der Waals surface area (Å²) in [4.78, 5) is 14.5. The van der Waals surface area contributed by atoms with E-state index in [0.29, 0.717) is 6.04 Å². The number of thioether (sulfide) groups is 1. The predicted octanol–water partition coefficient (Wildman–Crippen LogP) is 2.29. The van der Waals surface area contributed by atoms with Gasteiger partial charge in [-0.3, -0.25) is 4.79 Å². The van der Waals surface area contributed by atoms with Crippen LogP contribution in [-0.2, 0) is 13.1 Å². The van der Waals surface area contributed by atoms with Crippen LogP contribution in [0.15, 0.2) is 18.2 Å². The van der Waals surface area contributed by atoms with Gasteiger partial charge in [0, 0.05) is 42.7 Å². The van der Waals surface area contributed by atoms with Crippen LogP contribution in [0.25, 0.3) is 0 Å². The SMILES string of the molecule is CC1CSCCN1C(=O)c1ccc2c(c1)CNC2.Cl. The van der Waals surface area contributed by atoms with Crippen molar-refractivity contribution in [3.63, 3.8) is 0 Å². The molecule has 2 aliphatic heterocycles. The van der Waals surface area contributed by atoms with Crippen LogP contribution in [0.3, 0.4) is 0 Å². The second-order valence-electron chi connectivity index (χ2n) is 5.01. The number of nitrogens with zero attached hydrogens (tertiary/aromatic N) is 1. The van der Waals surface area contributed by atoms with Gasteiger partial charge in [0.15, 0.2) is 0 Å². The quantitative estimate of drug-likeness (QED) is 0.863. The zero-order chi connectivity index (χ0) is 12.5. The molecule has 0 aromatic heterocycles. The van der Waals surface area contributed by atoms with Crippen molar-refractivity contribution in [1.29, 1.82) is 0 Å². The summed E-state index contributed by atoms with van der Waals surface area (Å²) in [5.74, 6) is 2.30. The summed E-state index contributed by atoms with van der Waals surface area (Å²) in [6.45, 7) is 4.83. The van der Waals surface area contributed by atoms with Crippen molar-refractivity contribution in [2.45, 2.75) is 26.1 Å². The fraction of sp³-hybridized carbons (Fsp3) is 0.500. The summed E-state index contributed by atoms with van der Waals surface area (Å²) >= 11 is 1.94. The van der Waals surface area contributed by atoms with Crippen LogP contribution in [0.5, 0.6) is 0 Å². The van der Waals surface area contributed by atoms with Crippen molar-refractivity contribution in [3.05, 3.63) is 34.9 Å². The molecule has 104 valence electrons. The molecule has 1 saturated heterocycles. The molecule has 1 fully saturated rings. The molecule has 0 bridgehead atoms. The smallest absolute Gasteiger partial charge is 0.254 e. The topological polar surface area (TPSA) is 32.3 Å². The van der Waals surface area contributed by atoms with E-state index in [1.165, 1.54) is 11.1 Å². The summed E-state index contributed by atoms with van der Waals surface area (Å²) in [5.41, 5.74) is 3.45. The minimum atomic E-state index is 0. The van der Waals surface area contributed by atoms with E-state index in [1.54, 1.807) is 0 Å². The molecule has 2 heterocycles. The Hall–Kier alpha value is -0.710. The van der Waals surface area contributed by atoms with Crippen molar-refractivity contribution in [2.24, 2.45) is 0 Å². The third-order valence-corrected chi connectivity index (χ3v) is 4.90. The standard InChI is InChI=1S/C14H18N2OS.ClH/c1-10-9-18-5-4-16(10)14(17)11-2-3-12-7-15-8-13(12)6-11;/h2-3,6,10,15H,4-5,7-9H2,1H3;1H. The molecule has 1 atom stereocenters. The summed E-state index contributed by atoms with van der Waals surface area (Å²) in [5, 5.41) is 3.31. The van der Waals surface area contributed by atoms with Crippen LogP contribution in [0.1, 0.15) is 28.4 Å². The highest BCUT2D eigenvalue weighted by Gasteiger charge is 2.25. The van der Waals surface area contributed by atoms with Crippen molar-refractivity contribution in [2.75, 3.05) is 18.1 Å². The second kappa shape index (κ2) is 6.16. The van der Waals surface area contributed by atoms with Gasteiger partial charge < -0.3 is 10.2 Å². The molecule has 1 N–H and O–H groups in total. The van der Waals surface area contributed by atoms with Crippen molar-refractivity contribution < 1.29 is 4.79 Å². The number of hydrogen-bond donors (Lipinski definition) is 1. The van der Waals surface area contributed by atoms with Gasteiger partial charge in [0.2, 0.25) is 0 Å². The fourth-order valence-corrected chi connectivity index (χ4v) is 3.64. The molecule has 1 unspecified atom stereocenters. The first-order valence-corrected chi connectivity index (χ1v) is 7.62. The third-order valence-electron chi connectivity index (χ3n) is 3.71. The zero-order valence-electron chi connectivity index (χ0n) is 11.0. The van der Waals surface area contributed by atoms with E-state index in [1.807, 2.05) is 22.7 Å². The molecular weight excluding hydrogens is 280 g/mol. The average Bonchev–Trinajstić information content (AvgIpc) is 2.85. The molecular formula is C14H19ClN2OS. The van der Waals surface area contributed by atoms with Gasteiger partial charge in [-0.15, -0.1) is 12.4 Å². The van der Waals surface area contributed by atoms with E-state index in [0.717, 1.165) is 36.7 Å². The average molecular weight is 299 g/mol. The molecule has 1 aromatic rings. The molecule has 1 aromatic carbocycles. The Labute approximate surface area is 124 Å². The Morgan fingerprint density at radius 2 is 2.16 bits per heavy atom. The maximum atomic E-state index is 12.5. The molecule has 0 saturated carbocycles. The lowest BCUT2D eigenvalue weighted by atomic mass is 10.1. The van der Waals surface area contributed by atoms with Crippen molar-refractivity contribution >= 4 is 30.1 Å². The maximum absolute atomic E-state index is 12.5. The first-order valence-electron chi connectivity index (χ1n) is 6.47. The minimum Gasteiger partial charge on any atom is -0.334 e. The second-order valence-corrected chi connectivity index (χ2v) is 6.16. The Morgan fingerprint density at radius 3 is 2.95 bits per heavy atom. The molecule has 19 heavy (non-hydrogen) atoms. The fourth-order valence-electron chi connectivity index (χ4n) is 2.62. The van der Waals surface area contributed by atoms with Gasteiger partial charge in [-0.2, -0.15) is 11.8 Å². The Kier molecular flexibility index (Phi) is 4.76. The lowest BCUT2D eigenvalue weighted by Gasteiger charge is -2.33. The van der Waals surface area contributed by atoms with Crippen LogP contribution in [-0.4, -0.2) is 34.9 Å². The minimum absolute atomic E-state index is 0. The zero-order valence-corrected chi connectivity index (χ0v) is 12.6. The number of carbonyl (C=O) groups excluding carboxylic acids is 1. The highest BCUT2D eigenvalue weighted by molar-refractivity contribution is 7.99. The molecule has 3 nitrogen and oxygen atoms in total. The van der Waals surface area contributed by atoms with Crippen LogP contribution in [0, 0.1) is 0 Å². The van der Waals surface area contributed by atoms with E-state index in [4.69, 9.17) is 0 Å². The maximum Gasteiger partial charge on any atom is 0.254 e. The summed E-state index contributed by atoms with van der Waals surface area (Å²) < 4.78 is 0. The van der Waals surface area contributed by atoms with Crippen LogP contribution < -0.4 is 5.32 Å². The van der Waals surface area contributed by atoms with Crippen molar-refractivity contribution in [3.8, 4) is 0 Å². The molecule has 0 aliphatic carbocycles. The summed E-state index contributed by atoms with van der Waals surface area (Å²) in [6, 6.07) is 6.48. The number of benzene rings is 1. The van der Waals surface area contributed by atoms with E-state index >= 15 is 0 Å². The number of nitrogens with one attached hydrogen (secondary N) is 1. The van der Waals surface area contributed by atoms with Crippen LogP contribution >= 0.6 is 24.2 Å². The van der Waals surface area contributed by atoms with Crippen LogP contribution in [0.4, 0.5) is 0 Å². The van der Waals surface area contributed by atoms with Gasteiger partial charge in [-0.05, 0) is 30.2 Å². The molecule has 2 aliphatic rings. The Morgan fingerprint density at radius 1 is 1.37 bits per heavy atom. The number of halogens is 1. The number of carbonyl (C=O) groups is 1. The molecule has 5 heteroatoms. The highest BCUT2D eigenvalue weighted by Crippen LogP contribution is 2.21. The predicted molar refractivity (Wildman–Crippen MR) is 82.1 cm³/mol. The van der Waals surface area contributed by atoms with E-state index in [-0.39, 0.29) is 18.3 Å². The lowest BCUT2D eigenvalue weighted by molar-refractivity contribution is 0.0716. The molecule has 1 amide bonds. The Balaban J connectivity index is 0.00000133. The first-order chi connectivity index (χ1) is 8.75. The summed E-state index contributed by atoms with van der Waals surface area (Å²) in [7, 11) is 0. The van der Waals surface area contributed by atoms with Crippen LogP contribution in [0.2, 0.25) is 0 Å². The molecule has 0 spiro atoms. The Bertz CT molecular complexity index is 481. The highest BCUT2D eigenvalue weighted by atomic mass is 35.5. The third kappa shape index (κ3) is 2.91. The van der Waals surface area contributed by atoms with Gasteiger partial charge in [-0.1, -0.05) is 6.07 Å². The normalized spacial score (nSPS) is 21.7. The van der Waals surface area contributed by atoms with Gasteiger partial charge in [0.25, 0.3) is 5.91 Å². The number of fused-ring (bicyclic) bond motifs is 1. The summed E-state index contributed by atoms with van der Waals surface area (Å²) in [6.07, 6.45) is 0. The molecule has 0 radical (unpaired) electrons. The molecule has 3 rings (SSSR count). The number of rotatable bonds is 1. The monoisotopic (exact) mass is 298 g/mol. The van der Waals surface area contributed by atoms with Crippen molar-refractivity contribution in [1.82, 2.24) is 10.2 Å². The van der Waals surface area contributed by atoms with Gasteiger partial charge in [0.1, 0.15) is 0 Å². The van der Waals surface area contributed by atoms with Gasteiger partial charge in [-0.25, -0.2) is 0 Å². The first kappa shape index (κ1) is 14.7. The van der Waals surface area contributed by atoms with Gasteiger partial charge >= 0.3 is 0 Å². The van der Waals surface area contributed by atoms with E-state index in [9.17, 15) is 4.79 Å². The van der Waals surface area contributed by atoms with E-state index in [2.05, 4.69) is 24.4 Å². The number of amides is 1.